The number of imide groups is 1. The summed E-state index contributed by atoms with van der Waals surface area (Å²) >= 11 is 0. The predicted molar refractivity (Wildman–Crippen MR) is 97.4 cm³/mol. The van der Waals surface area contributed by atoms with Crippen LogP contribution in [-0.4, -0.2) is 53.5 Å². The maximum absolute atomic E-state index is 12.5. The molecule has 28 heavy (non-hydrogen) atoms. The Morgan fingerprint density at radius 1 is 1.07 bits per heavy atom. The molecular formula is C20H18N2O6. The Hall–Kier alpha value is -3.52. The number of esters is 1. The van der Waals surface area contributed by atoms with E-state index in [0.717, 1.165) is 12.0 Å². The quantitative estimate of drug-likeness (QED) is 0.563. The van der Waals surface area contributed by atoms with Gasteiger partial charge >= 0.3 is 5.97 Å². The summed E-state index contributed by atoms with van der Waals surface area (Å²) in [4.78, 5) is 49.9. The fraction of sp³-hybridized carbons (Fsp3) is 0.200. The third-order valence-corrected chi connectivity index (χ3v) is 4.38. The highest BCUT2D eigenvalue weighted by molar-refractivity contribution is 6.21. The zero-order valence-corrected chi connectivity index (χ0v) is 15.0. The van der Waals surface area contributed by atoms with Gasteiger partial charge in [0, 0.05) is 5.56 Å². The number of carbonyl (C=O) groups excluding carboxylic acids is 4. The number of fused-ring (bicyclic) bond motifs is 1. The molecule has 3 rings (SSSR count). The number of methoxy groups -OCH3 is 1. The lowest BCUT2D eigenvalue weighted by Gasteiger charge is -2.16. The first kappa shape index (κ1) is 19.2. The Morgan fingerprint density at radius 3 is 2.29 bits per heavy atom. The number of aliphatic hydroxyl groups excluding tert-OH is 1. The summed E-state index contributed by atoms with van der Waals surface area (Å²) in [5, 5.41) is 11.6. The Balaban J connectivity index is 1.76. The first-order valence-corrected chi connectivity index (χ1v) is 8.50. The number of rotatable bonds is 6. The normalized spacial score (nSPS) is 13.9. The van der Waals surface area contributed by atoms with Crippen LogP contribution < -0.4 is 5.32 Å². The molecule has 144 valence electrons. The van der Waals surface area contributed by atoms with E-state index < -0.39 is 24.5 Å². The number of hydrogen-bond acceptors (Lipinski definition) is 6. The lowest BCUT2D eigenvalue weighted by molar-refractivity contribution is -0.143. The van der Waals surface area contributed by atoms with Gasteiger partial charge in [-0.25, -0.2) is 4.79 Å². The van der Waals surface area contributed by atoms with E-state index in [1.54, 1.807) is 36.4 Å². The Labute approximate surface area is 160 Å². The highest BCUT2D eigenvalue weighted by atomic mass is 16.5. The molecule has 0 radical (unpaired) electrons. The Bertz CT molecular complexity index is 920. The summed E-state index contributed by atoms with van der Waals surface area (Å²) in [6, 6.07) is 11.7. The molecule has 1 aliphatic heterocycles. The highest BCUT2D eigenvalue weighted by Crippen LogP contribution is 2.24. The van der Waals surface area contributed by atoms with Gasteiger partial charge in [0.05, 0.1) is 31.4 Å². The van der Waals surface area contributed by atoms with E-state index in [-0.39, 0.29) is 23.9 Å². The fourth-order valence-electron chi connectivity index (χ4n) is 2.94. The van der Waals surface area contributed by atoms with Crippen LogP contribution in [0.25, 0.3) is 0 Å². The van der Waals surface area contributed by atoms with Crippen molar-refractivity contribution in [2.75, 3.05) is 13.7 Å². The van der Waals surface area contributed by atoms with E-state index in [1.165, 1.54) is 12.1 Å². The van der Waals surface area contributed by atoms with Gasteiger partial charge in [0.15, 0.2) is 6.04 Å². The van der Waals surface area contributed by atoms with E-state index in [1.807, 2.05) is 0 Å². The highest BCUT2D eigenvalue weighted by Gasteiger charge is 2.35. The van der Waals surface area contributed by atoms with Crippen LogP contribution in [0.3, 0.4) is 0 Å². The molecule has 0 unspecified atom stereocenters. The van der Waals surface area contributed by atoms with Crippen LogP contribution in [0.4, 0.5) is 0 Å². The van der Waals surface area contributed by atoms with Gasteiger partial charge in [0.1, 0.15) is 0 Å². The van der Waals surface area contributed by atoms with Crippen molar-refractivity contribution in [1.29, 1.82) is 0 Å². The first-order valence-electron chi connectivity index (χ1n) is 8.50. The molecule has 1 heterocycles. The summed E-state index contributed by atoms with van der Waals surface area (Å²) < 4.78 is 4.51. The molecule has 2 aromatic carbocycles. The average Bonchev–Trinajstić information content (AvgIpc) is 2.96. The Morgan fingerprint density at radius 2 is 1.71 bits per heavy atom. The second kappa shape index (κ2) is 8.01. The van der Waals surface area contributed by atoms with Crippen LogP contribution in [0.5, 0.6) is 0 Å². The number of hydrogen-bond donors (Lipinski definition) is 2. The van der Waals surface area contributed by atoms with E-state index in [9.17, 15) is 24.3 Å². The van der Waals surface area contributed by atoms with Gasteiger partial charge in [-0.3, -0.25) is 19.3 Å². The first-order chi connectivity index (χ1) is 13.5. The topological polar surface area (TPSA) is 113 Å². The van der Waals surface area contributed by atoms with Gasteiger partial charge in [-0.05, 0) is 29.8 Å². The molecular weight excluding hydrogens is 364 g/mol. The second-order valence-corrected chi connectivity index (χ2v) is 6.17. The van der Waals surface area contributed by atoms with Gasteiger partial charge in [0.2, 0.25) is 0 Å². The van der Waals surface area contributed by atoms with Crippen molar-refractivity contribution in [3.05, 3.63) is 70.8 Å². The van der Waals surface area contributed by atoms with Crippen LogP contribution in [0.15, 0.2) is 48.5 Å². The van der Waals surface area contributed by atoms with Crippen LogP contribution in [-0.2, 0) is 16.1 Å². The molecule has 2 aromatic rings. The maximum Gasteiger partial charge on any atom is 0.330 e. The van der Waals surface area contributed by atoms with E-state index in [4.69, 9.17) is 0 Å². The number of nitrogens with one attached hydrogen (secondary N) is 1. The van der Waals surface area contributed by atoms with Gasteiger partial charge < -0.3 is 15.2 Å². The number of nitrogens with zero attached hydrogens (tertiary/aromatic N) is 1. The predicted octanol–water partition coefficient (Wildman–Crippen LogP) is 0.746. The summed E-state index contributed by atoms with van der Waals surface area (Å²) in [6.07, 6.45) is 0. The largest absolute Gasteiger partial charge is 0.467 e. The van der Waals surface area contributed by atoms with Gasteiger partial charge in [-0.15, -0.1) is 0 Å². The maximum atomic E-state index is 12.5. The minimum atomic E-state index is -1.18. The second-order valence-electron chi connectivity index (χ2n) is 6.17. The smallest absolute Gasteiger partial charge is 0.330 e. The van der Waals surface area contributed by atoms with Crippen molar-refractivity contribution < 1.29 is 29.0 Å². The van der Waals surface area contributed by atoms with Crippen molar-refractivity contribution in [2.24, 2.45) is 0 Å². The lowest BCUT2D eigenvalue weighted by atomic mass is 10.1. The van der Waals surface area contributed by atoms with E-state index in [2.05, 4.69) is 10.1 Å². The van der Waals surface area contributed by atoms with Crippen molar-refractivity contribution in [3.8, 4) is 0 Å². The molecule has 0 saturated carbocycles. The van der Waals surface area contributed by atoms with Crippen molar-refractivity contribution >= 4 is 23.7 Å². The molecule has 0 spiro atoms. The number of benzene rings is 2. The van der Waals surface area contributed by atoms with E-state index >= 15 is 0 Å². The molecule has 8 nitrogen and oxygen atoms in total. The van der Waals surface area contributed by atoms with E-state index in [0.29, 0.717) is 16.7 Å². The zero-order valence-electron chi connectivity index (χ0n) is 15.0. The van der Waals surface area contributed by atoms with Crippen LogP contribution >= 0.6 is 0 Å². The molecule has 0 saturated heterocycles. The number of ether oxygens (including phenoxy) is 1. The monoisotopic (exact) mass is 382 g/mol. The molecule has 1 aliphatic rings. The third-order valence-electron chi connectivity index (χ3n) is 4.38. The molecule has 0 fully saturated rings. The molecule has 1 atom stereocenters. The number of amides is 3. The van der Waals surface area contributed by atoms with Crippen LogP contribution in [0, 0.1) is 0 Å². The summed E-state index contributed by atoms with van der Waals surface area (Å²) in [5.41, 5.74) is 1.49. The summed E-state index contributed by atoms with van der Waals surface area (Å²) in [7, 11) is 1.15. The number of carbonyl (C=O) groups is 4. The lowest BCUT2D eigenvalue weighted by Crippen LogP contribution is -2.44. The van der Waals surface area contributed by atoms with Crippen molar-refractivity contribution in [1.82, 2.24) is 10.2 Å². The Kier molecular flexibility index (Phi) is 5.51. The average molecular weight is 382 g/mol. The van der Waals surface area contributed by atoms with Gasteiger partial charge in [-0.2, -0.15) is 0 Å². The van der Waals surface area contributed by atoms with Crippen LogP contribution in [0.1, 0.15) is 36.6 Å². The zero-order chi connectivity index (χ0) is 20.3. The molecule has 3 amide bonds. The van der Waals surface area contributed by atoms with Crippen LogP contribution in [0.2, 0.25) is 0 Å². The third kappa shape index (κ3) is 3.63. The summed E-state index contributed by atoms with van der Waals surface area (Å²) in [5.74, 6) is -2.13. The summed E-state index contributed by atoms with van der Waals surface area (Å²) in [6.45, 7) is -0.596. The van der Waals surface area contributed by atoms with Crippen molar-refractivity contribution in [2.45, 2.75) is 12.6 Å². The molecule has 0 aliphatic carbocycles. The van der Waals surface area contributed by atoms with Gasteiger partial charge in [-0.1, -0.05) is 24.3 Å². The van der Waals surface area contributed by atoms with Gasteiger partial charge in [0.25, 0.3) is 17.7 Å². The standard InChI is InChI=1S/C20H18N2O6/c1-28-20(27)16(11-23)21-17(24)13-6-4-5-12(9-13)10-22-18(25)14-7-2-3-8-15(14)19(22)26/h2-9,16,23H,10-11H2,1H3,(H,21,24)/t16-/m1/s1. The fourth-order valence-corrected chi connectivity index (χ4v) is 2.94. The molecule has 0 aromatic heterocycles. The molecule has 0 bridgehead atoms. The number of aliphatic hydroxyl groups is 1. The van der Waals surface area contributed by atoms with Crippen molar-refractivity contribution in [3.63, 3.8) is 0 Å². The minimum Gasteiger partial charge on any atom is -0.467 e. The molecule has 2 N–H and O–H groups in total. The SMILES string of the molecule is COC(=O)[C@@H](CO)NC(=O)c1cccc(CN2C(=O)c3ccccc3C2=O)c1. The minimum absolute atomic E-state index is 0.00783. The molecule has 8 heteroatoms.